The summed E-state index contributed by atoms with van der Waals surface area (Å²) < 4.78 is 0. The minimum atomic E-state index is 0.492. The molecule has 5 heteroatoms. The summed E-state index contributed by atoms with van der Waals surface area (Å²) in [5, 5.41) is 8.00. The number of rotatable bonds is 1. The summed E-state index contributed by atoms with van der Waals surface area (Å²) in [6.07, 6.45) is 3.26. The third-order valence-electron chi connectivity index (χ3n) is 2.82. The van der Waals surface area contributed by atoms with E-state index in [0.29, 0.717) is 5.82 Å². The zero-order valence-electron chi connectivity index (χ0n) is 9.31. The van der Waals surface area contributed by atoms with E-state index >= 15 is 0 Å². The first kappa shape index (κ1) is 9.77. The monoisotopic (exact) mass is 225 g/mol. The molecule has 17 heavy (non-hydrogen) atoms. The second-order valence-electron chi connectivity index (χ2n) is 3.86. The average molecular weight is 225 g/mol. The second-order valence-corrected chi connectivity index (χ2v) is 3.86. The predicted molar refractivity (Wildman–Crippen MR) is 66.3 cm³/mol. The molecule has 0 saturated heterocycles. The summed E-state index contributed by atoms with van der Waals surface area (Å²) in [4.78, 5) is 8.23. The molecule has 0 bridgehead atoms. The van der Waals surface area contributed by atoms with Crippen LogP contribution >= 0.6 is 0 Å². The molecule has 0 aliphatic carbocycles. The minimum Gasteiger partial charge on any atom is -0.383 e. The average Bonchev–Trinajstić information content (AvgIpc) is 2.77. The molecular formula is C12H11N5. The molecule has 0 radical (unpaired) electrons. The number of aromatic amines is 1. The lowest BCUT2D eigenvalue weighted by Crippen LogP contribution is -1.98. The van der Waals surface area contributed by atoms with E-state index < -0.39 is 0 Å². The van der Waals surface area contributed by atoms with Crippen LogP contribution in [0.15, 0.2) is 30.7 Å². The predicted octanol–water partition coefficient (Wildman–Crippen LogP) is 1.91. The summed E-state index contributed by atoms with van der Waals surface area (Å²) in [7, 11) is 0. The van der Waals surface area contributed by atoms with Crippen LogP contribution in [-0.2, 0) is 0 Å². The molecule has 0 aliphatic heterocycles. The van der Waals surface area contributed by atoms with Crippen LogP contribution in [0.3, 0.4) is 0 Å². The van der Waals surface area contributed by atoms with Crippen molar-refractivity contribution in [2.24, 2.45) is 0 Å². The maximum absolute atomic E-state index is 5.93. The fourth-order valence-corrected chi connectivity index (χ4v) is 2.01. The Hall–Kier alpha value is -2.43. The summed E-state index contributed by atoms with van der Waals surface area (Å²) in [6.45, 7) is 1.92. The van der Waals surface area contributed by atoms with Crippen molar-refractivity contribution >= 4 is 16.7 Å². The van der Waals surface area contributed by atoms with E-state index in [2.05, 4.69) is 20.2 Å². The van der Waals surface area contributed by atoms with Crippen molar-refractivity contribution in [2.75, 3.05) is 5.73 Å². The Bertz CT molecular complexity index is 666. The number of hydrogen-bond donors (Lipinski definition) is 2. The van der Waals surface area contributed by atoms with Crippen molar-refractivity contribution in [3.63, 3.8) is 0 Å². The molecule has 0 spiro atoms. The Morgan fingerprint density at radius 2 is 2.12 bits per heavy atom. The zero-order valence-corrected chi connectivity index (χ0v) is 9.31. The van der Waals surface area contributed by atoms with Crippen molar-refractivity contribution in [3.05, 3.63) is 36.4 Å². The molecule has 3 rings (SSSR count). The van der Waals surface area contributed by atoms with E-state index in [9.17, 15) is 0 Å². The molecular weight excluding hydrogens is 214 g/mol. The van der Waals surface area contributed by atoms with Gasteiger partial charge in [0.15, 0.2) is 0 Å². The number of aryl methyl sites for hydroxylation is 1. The van der Waals surface area contributed by atoms with Gasteiger partial charge in [0.25, 0.3) is 0 Å². The Kier molecular flexibility index (Phi) is 2.04. The largest absolute Gasteiger partial charge is 0.383 e. The van der Waals surface area contributed by atoms with Crippen molar-refractivity contribution in [2.45, 2.75) is 6.92 Å². The van der Waals surface area contributed by atoms with Gasteiger partial charge in [-0.25, -0.2) is 9.97 Å². The summed E-state index contributed by atoms with van der Waals surface area (Å²) in [6, 6.07) is 5.93. The molecule has 2 heterocycles. The lowest BCUT2D eigenvalue weighted by atomic mass is 10.0. The third-order valence-corrected chi connectivity index (χ3v) is 2.82. The van der Waals surface area contributed by atoms with E-state index in [-0.39, 0.29) is 0 Å². The van der Waals surface area contributed by atoms with E-state index in [1.54, 1.807) is 6.20 Å². The van der Waals surface area contributed by atoms with Crippen LogP contribution in [0.25, 0.3) is 22.0 Å². The van der Waals surface area contributed by atoms with Crippen molar-refractivity contribution in [3.8, 4) is 11.1 Å². The van der Waals surface area contributed by atoms with E-state index in [1.165, 1.54) is 6.33 Å². The molecule has 0 unspecified atom stereocenters. The van der Waals surface area contributed by atoms with Gasteiger partial charge in [0.05, 0.1) is 17.4 Å². The molecule has 0 saturated carbocycles. The summed E-state index contributed by atoms with van der Waals surface area (Å²) >= 11 is 0. The quantitative estimate of drug-likeness (QED) is 0.663. The highest BCUT2D eigenvalue weighted by Gasteiger charge is 2.12. The number of benzene rings is 1. The van der Waals surface area contributed by atoms with Gasteiger partial charge in [0.2, 0.25) is 0 Å². The maximum atomic E-state index is 5.93. The SMILES string of the molecule is Cc1ncnc(N)c1-c1cccc2[nH]ncc12. The van der Waals surface area contributed by atoms with Gasteiger partial charge in [0, 0.05) is 10.9 Å². The van der Waals surface area contributed by atoms with Crippen molar-refractivity contribution < 1.29 is 0 Å². The number of H-pyrrole nitrogens is 1. The number of nitrogen functional groups attached to an aromatic ring is 1. The van der Waals surface area contributed by atoms with Crippen LogP contribution in [0.4, 0.5) is 5.82 Å². The van der Waals surface area contributed by atoms with Crippen LogP contribution in [0.1, 0.15) is 5.69 Å². The fourth-order valence-electron chi connectivity index (χ4n) is 2.01. The first-order chi connectivity index (χ1) is 8.27. The number of aromatic nitrogens is 4. The van der Waals surface area contributed by atoms with Gasteiger partial charge in [-0.1, -0.05) is 12.1 Å². The first-order valence-electron chi connectivity index (χ1n) is 5.27. The zero-order chi connectivity index (χ0) is 11.8. The van der Waals surface area contributed by atoms with E-state index in [1.807, 2.05) is 25.1 Å². The van der Waals surface area contributed by atoms with Crippen LogP contribution in [-0.4, -0.2) is 20.2 Å². The Labute approximate surface area is 97.7 Å². The topological polar surface area (TPSA) is 80.5 Å². The first-order valence-corrected chi connectivity index (χ1v) is 5.27. The Morgan fingerprint density at radius 1 is 1.24 bits per heavy atom. The van der Waals surface area contributed by atoms with Gasteiger partial charge in [-0.2, -0.15) is 5.10 Å². The number of nitrogens with two attached hydrogens (primary N) is 1. The molecule has 0 amide bonds. The minimum absolute atomic E-state index is 0.492. The van der Waals surface area contributed by atoms with Crippen LogP contribution in [0, 0.1) is 6.92 Å². The maximum Gasteiger partial charge on any atom is 0.134 e. The molecule has 1 aromatic carbocycles. The van der Waals surface area contributed by atoms with Crippen LogP contribution in [0.2, 0.25) is 0 Å². The smallest absolute Gasteiger partial charge is 0.134 e. The van der Waals surface area contributed by atoms with Crippen LogP contribution in [0.5, 0.6) is 0 Å². The van der Waals surface area contributed by atoms with Gasteiger partial charge in [-0.05, 0) is 18.6 Å². The van der Waals surface area contributed by atoms with E-state index in [0.717, 1.165) is 27.7 Å². The highest BCUT2D eigenvalue weighted by molar-refractivity contribution is 5.97. The van der Waals surface area contributed by atoms with Gasteiger partial charge >= 0.3 is 0 Å². The van der Waals surface area contributed by atoms with Crippen molar-refractivity contribution in [1.82, 2.24) is 20.2 Å². The number of hydrogen-bond acceptors (Lipinski definition) is 4. The molecule has 3 aromatic rings. The summed E-state index contributed by atoms with van der Waals surface area (Å²) in [5.74, 6) is 0.492. The second kappa shape index (κ2) is 3.55. The fraction of sp³-hybridized carbons (Fsp3) is 0.0833. The molecule has 0 aliphatic rings. The molecule has 0 fully saturated rings. The highest BCUT2D eigenvalue weighted by Crippen LogP contribution is 2.31. The number of fused-ring (bicyclic) bond motifs is 1. The van der Waals surface area contributed by atoms with Crippen LogP contribution < -0.4 is 5.73 Å². The molecule has 5 nitrogen and oxygen atoms in total. The number of nitrogens with one attached hydrogen (secondary N) is 1. The molecule has 84 valence electrons. The standard InChI is InChI=1S/C12H11N5/c1-7-11(12(13)15-6-14-7)8-3-2-4-10-9(8)5-16-17-10/h2-6H,1H3,(H,16,17)(H2,13,14,15). The molecule has 2 aromatic heterocycles. The highest BCUT2D eigenvalue weighted by atomic mass is 15.1. The molecule has 0 atom stereocenters. The van der Waals surface area contributed by atoms with Gasteiger partial charge in [0.1, 0.15) is 12.1 Å². The Balaban J connectivity index is 2.38. The lowest BCUT2D eigenvalue weighted by Gasteiger charge is -2.08. The van der Waals surface area contributed by atoms with Gasteiger partial charge in [-0.15, -0.1) is 0 Å². The van der Waals surface area contributed by atoms with Gasteiger partial charge in [-0.3, -0.25) is 5.10 Å². The third kappa shape index (κ3) is 1.44. The van der Waals surface area contributed by atoms with E-state index in [4.69, 9.17) is 5.73 Å². The lowest BCUT2D eigenvalue weighted by molar-refractivity contribution is 1.11. The molecule has 3 N–H and O–H groups in total. The summed E-state index contributed by atoms with van der Waals surface area (Å²) in [5.41, 5.74) is 9.66. The van der Waals surface area contributed by atoms with Gasteiger partial charge < -0.3 is 5.73 Å². The normalized spacial score (nSPS) is 10.9. The Morgan fingerprint density at radius 3 is 2.94 bits per heavy atom. The number of nitrogens with zero attached hydrogens (tertiary/aromatic N) is 3. The van der Waals surface area contributed by atoms with Crippen molar-refractivity contribution in [1.29, 1.82) is 0 Å². The number of anilines is 1.